The number of carbonyl (C=O) groups is 1. The van der Waals surface area contributed by atoms with E-state index in [2.05, 4.69) is 5.32 Å². The van der Waals surface area contributed by atoms with Crippen LogP contribution in [0.15, 0.2) is 40.6 Å². The predicted molar refractivity (Wildman–Crippen MR) is 101 cm³/mol. The Labute approximate surface area is 160 Å². The second-order valence-corrected chi connectivity index (χ2v) is 9.95. The number of nitrogens with one attached hydrogen (secondary N) is 1. The average molecular weight is 419 g/mol. The fraction of sp³-hybridized carbons (Fsp3) is 0.312. The fourth-order valence-electron chi connectivity index (χ4n) is 2.80. The van der Waals surface area contributed by atoms with Crippen molar-refractivity contribution in [2.75, 3.05) is 11.9 Å². The van der Waals surface area contributed by atoms with E-state index in [1.54, 1.807) is 30.3 Å². The molecule has 134 valence electrons. The second kappa shape index (κ2) is 7.63. The number of amides is 1. The van der Waals surface area contributed by atoms with E-state index in [9.17, 15) is 13.2 Å². The first kappa shape index (κ1) is 18.7. The van der Waals surface area contributed by atoms with Crippen LogP contribution in [-0.2, 0) is 14.8 Å². The number of benzene rings is 1. The summed E-state index contributed by atoms with van der Waals surface area (Å²) in [5.41, 5.74) is 0.541. The van der Waals surface area contributed by atoms with Crippen LogP contribution in [0.5, 0.6) is 0 Å². The quantitative estimate of drug-likeness (QED) is 0.806. The SMILES string of the molecule is O=C(Nc1cccc(Cl)c1)C1CCCCN1S(=O)(=O)c1ccc(Cl)s1. The van der Waals surface area contributed by atoms with E-state index in [0.29, 0.717) is 28.0 Å². The molecular weight excluding hydrogens is 403 g/mol. The summed E-state index contributed by atoms with van der Waals surface area (Å²) in [6, 6.07) is 9.03. The fourth-order valence-corrected chi connectivity index (χ4v) is 6.26. The minimum absolute atomic E-state index is 0.153. The van der Waals surface area contributed by atoms with Crippen LogP contribution in [0.25, 0.3) is 0 Å². The third-order valence-corrected chi connectivity index (χ3v) is 7.80. The first-order valence-corrected chi connectivity index (χ1v) is 10.7. The lowest BCUT2D eigenvalue weighted by Crippen LogP contribution is -2.49. The Morgan fingerprint density at radius 3 is 2.68 bits per heavy atom. The van der Waals surface area contributed by atoms with Gasteiger partial charge >= 0.3 is 0 Å². The van der Waals surface area contributed by atoms with Gasteiger partial charge < -0.3 is 5.32 Å². The molecule has 1 fully saturated rings. The van der Waals surface area contributed by atoms with Crippen molar-refractivity contribution in [3.8, 4) is 0 Å². The van der Waals surface area contributed by atoms with E-state index in [4.69, 9.17) is 23.2 Å². The predicted octanol–water partition coefficient (Wildman–Crippen LogP) is 4.24. The van der Waals surface area contributed by atoms with Gasteiger partial charge in [-0.1, -0.05) is 35.7 Å². The van der Waals surface area contributed by atoms with Crippen molar-refractivity contribution in [3.63, 3.8) is 0 Å². The Hall–Kier alpha value is -1.12. The number of thiophene rings is 1. The van der Waals surface area contributed by atoms with Gasteiger partial charge in [0.25, 0.3) is 10.0 Å². The van der Waals surface area contributed by atoms with Crippen molar-refractivity contribution in [3.05, 3.63) is 45.8 Å². The Bertz CT molecular complexity index is 883. The van der Waals surface area contributed by atoms with E-state index in [1.807, 2.05) is 0 Å². The molecule has 1 unspecified atom stereocenters. The number of sulfonamides is 1. The highest BCUT2D eigenvalue weighted by molar-refractivity contribution is 7.91. The van der Waals surface area contributed by atoms with Crippen molar-refractivity contribution in [1.29, 1.82) is 0 Å². The van der Waals surface area contributed by atoms with Gasteiger partial charge in [0.1, 0.15) is 10.3 Å². The molecule has 9 heteroatoms. The molecule has 0 aliphatic carbocycles. The summed E-state index contributed by atoms with van der Waals surface area (Å²) < 4.78 is 27.6. The second-order valence-electron chi connectivity index (χ2n) is 5.69. The Morgan fingerprint density at radius 1 is 1.20 bits per heavy atom. The Kier molecular flexibility index (Phi) is 5.70. The highest BCUT2D eigenvalue weighted by Gasteiger charge is 2.38. The van der Waals surface area contributed by atoms with E-state index >= 15 is 0 Å². The minimum atomic E-state index is -3.76. The molecule has 1 aromatic heterocycles. The normalized spacial score (nSPS) is 18.9. The molecule has 0 spiro atoms. The smallest absolute Gasteiger partial charge is 0.253 e. The van der Waals surface area contributed by atoms with Gasteiger partial charge in [-0.15, -0.1) is 11.3 Å². The highest BCUT2D eigenvalue weighted by Crippen LogP contribution is 2.32. The molecule has 1 atom stereocenters. The van der Waals surface area contributed by atoms with Gasteiger partial charge in [0.05, 0.1) is 4.34 Å². The zero-order chi connectivity index (χ0) is 18.0. The molecule has 5 nitrogen and oxygen atoms in total. The number of anilines is 1. The summed E-state index contributed by atoms with van der Waals surface area (Å²) in [7, 11) is -3.76. The van der Waals surface area contributed by atoms with Crippen LogP contribution in [0, 0.1) is 0 Å². The van der Waals surface area contributed by atoms with Crippen molar-refractivity contribution in [2.24, 2.45) is 0 Å². The number of piperidine rings is 1. The van der Waals surface area contributed by atoms with Gasteiger partial charge in [0.2, 0.25) is 5.91 Å². The molecule has 1 N–H and O–H groups in total. The lowest BCUT2D eigenvalue weighted by Gasteiger charge is -2.33. The van der Waals surface area contributed by atoms with Gasteiger partial charge in [-0.25, -0.2) is 8.42 Å². The molecule has 1 aromatic carbocycles. The first-order valence-electron chi connectivity index (χ1n) is 7.71. The van der Waals surface area contributed by atoms with Crippen LogP contribution in [-0.4, -0.2) is 31.2 Å². The maximum atomic E-state index is 12.9. The summed E-state index contributed by atoms with van der Waals surface area (Å²) in [6.45, 7) is 0.311. The largest absolute Gasteiger partial charge is 0.325 e. The van der Waals surface area contributed by atoms with E-state index < -0.39 is 16.1 Å². The minimum Gasteiger partial charge on any atom is -0.325 e. The summed E-state index contributed by atoms with van der Waals surface area (Å²) in [6.07, 6.45) is 1.99. The van der Waals surface area contributed by atoms with Crippen LogP contribution in [0.3, 0.4) is 0 Å². The summed E-state index contributed by atoms with van der Waals surface area (Å²) in [4.78, 5) is 12.7. The molecule has 0 bridgehead atoms. The molecular formula is C16H16Cl2N2O3S2. The summed E-state index contributed by atoms with van der Waals surface area (Å²) in [5.74, 6) is -0.354. The number of nitrogens with zero attached hydrogens (tertiary/aromatic N) is 1. The zero-order valence-electron chi connectivity index (χ0n) is 13.1. The number of hydrogen-bond acceptors (Lipinski definition) is 4. The number of halogens is 2. The van der Waals surface area contributed by atoms with Gasteiger partial charge in [0, 0.05) is 17.3 Å². The summed E-state index contributed by atoms with van der Waals surface area (Å²) in [5, 5.41) is 3.26. The van der Waals surface area contributed by atoms with Crippen LogP contribution < -0.4 is 5.32 Å². The van der Waals surface area contributed by atoms with E-state index in [-0.39, 0.29) is 10.1 Å². The molecule has 1 aliphatic heterocycles. The molecule has 2 aromatic rings. The topological polar surface area (TPSA) is 66.5 Å². The number of carbonyl (C=O) groups excluding carboxylic acids is 1. The number of rotatable bonds is 4. The third kappa shape index (κ3) is 4.17. The van der Waals surface area contributed by atoms with Crippen molar-refractivity contribution < 1.29 is 13.2 Å². The van der Waals surface area contributed by atoms with E-state index in [0.717, 1.165) is 24.2 Å². The van der Waals surface area contributed by atoms with Crippen LogP contribution >= 0.6 is 34.5 Å². The molecule has 1 saturated heterocycles. The average Bonchev–Trinajstić information content (AvgIpc) is 3.02. The molecule has 2 heterocycles. The van der Waals surface area contributed by atoms with Crippen LogP contribution in [0.1, 0.15) is 19.3 Å². The molecule has 0 saturated carbocycles. The van der Waals surface area contributed by atoms with Gasteiger partial charge in [-0.2, -0.15) is 4.31 Å². The van der Waals surface area contributed by atoms with Crippen LogP contribution in [0.2, 0.25) is 9.36 Å². The standard InChI is InChI=1S/C16H16Cl2N2O3S2/c17-11-4-3-5-12(10-11)19-16(21)13-6-1-2-9-20(13)25(22,23)15-8-7-14(18)24-15/h3-5,7-8,10,13H,1-2,6,9H2,(H,19,21). The zero-order valence-corrected chi connectivity index (χ0v) is 16.3. The van der Waals surface area contributed by atoms with Gasteiger partial charge in [0.15, 0.2) is 0 Å². The van der Waals surface area contributed by atoms with Crippen molar-refractivity contribution in [1.82, 2.24) is 4.31 Å². The molecule has 25 heavy (non-hydrogen) atoms. The summed E-state index contributed by atoms with van der Waals surface area (Å²) >= 11 is 12.8. The van der Waals surface area contributed by atoms with Gasteiger partial charge in [-0.05, 0) is 43.2 Å². The van der Waals surface area contributed by atoms with E-state index in [1.165, 1.54) is 10.4 Å². The lowest BCUT2D eigenvalue weighted by molar-refractivity contribution is -0.120. The maximum absolute atomic E-state index is 12.9. The third-order valence-electron chi connectivity index (χ3n) is 3.96. The Morgan fingerprint density at radius 2 is 2.00 bits per heavy atom. The van der Waals surface area contributed by atoms with Crippen molar-refractivity contribution >= 4 is 56.2 Å². The Balaban J connectivity index is 1.84. The highest BCUT2D eigenvalue weighted by atomic mass is 35.5. The number of hydrogen-bond donors (Lipinski definition) is 1. The lowest BCUT2D eigenvalue weighted by atomic mass is 10.0. The first-order chi connectivity index (χ1) is 11.9. The van der Waals surface area contributed by atoms with Crippen LogP contribution in [0.4, 0.5) is 5.69 Å². The molecule has 1 aliphatic rings. The monoisotopic (exact) mass is 418 g/mol. The molecule has 0 radical (unpaired) electrons. The van der Waals surface area contributed by atoms with Gasteiger partial charge in [-0.3, -0.25) is 4.79 Å². The molecule has 1 amide bonds. The molecule has 3 rings (SSSR count). The maximum Gasteiger partial charge on any atom is 0.253 e. The van der Waals surface area contributed by atoms with Crippen molar-refractivity contribution in [2.45, 2.75) is 29.5 Å².